The first kappa shape index (κ1) is 30.7. The molecule has 0 unspecified atom stereocenters. The van der Waals surface area contributed by atoms with Crippen molar-refractivity contribution in [2.45, 2.75) is 53.9 Å². The minimum atomic E-state index is -0.296. The van der Waals surface area contributed by atoms with Gasteiger partial charge in [0.25, 0.3) is 0 Å². The van der Waals surface area contributed by atoms with E-state index >= 15 is 0 Å². The van der Waals surface area contributed by atoms with Crippen molar-refractivity contribution in [3.05, 3.63) is 144 Å². The number of rotatable bonds is 14. The number of benzene rings is 4. The van der Waals surface area contributed by atoms with Crippen LogP contribution in [-0.2, 0) is 24.3 Å². The van der Waals surface area contributed by atoms with Gasteiger partial charge in [-0.2, -0.15) is 0 Å². The molecule has 0 fully saturated rings. The molecule has 0 atom stereocenters. The van der Waals surface area contributed by atoms with Crippen molar-refractivity contribution in [2.75, 3.05) is 0 Å². The van der Waals surface area contributed by atoms with Gasteiger partial charge < -0.3 is 0 Å². The molecule has 0 aliphatic carbocycles. The molecule has 228 valence electrons. The summed E-state index contributed by atoms with van der Waals surface area (Å²) in [5, 5.41) is 19.4. The minimum absolute atomic E-state index is 0.296. The first-order chi connectivity index (χ1) is 22.1. The number of hydrogen-bond donors (Lipinski definition) is 0. The number of hydrogen-bond acceptors (Lipinski definition) is 6. The molecule has 0 aliphatic heterocycles. The lowest BCUT2D eigenvalue weighted by atomic mass is 10.1. The predicted molar refractivity (Wildman–Crippen MR) is 176 cm³/mol. The van der Waals surface area contributed by atoms with Gasteiger partial charge in [-0.25, -0.2) is 8.78 Å². The molecule has 0 N–H and O–H groups in total. The Kier molecular flexibility index (Phi) is 10.3. The lowest BCUT2D eigenvalue weighted by molar-refractivity contribution is 0.619. The lowest BCUT2D eigenvalue weighted by Gasteiger charge is -2.11. The predicted octanol–water partition coefficient (Wildman–Crippen LogP) is 8.67. The Hall–Kier alpha value is -4.28. The Morgan fingerprint density at radius 1 is 0.489 bits per heavy atom. The van der Waals surface area contributed by atoms with Gasteiger partial charge in [0.15, 0.2) is 10.3 Å². The van der Waals surface area contributed by atoms with E-state index in [-0.39, 0.29) is 11.6 Å². The highest BCUT2D eigenvalue weighted by molar-refractivity contribution is 7.98. The van der Waals surface area contributed by atoms with E-state index in [0.29, 0.717) is 24.2 Å². The molecule has 4 aromatic carbocycles. The average Bonchev–Trinajstić information content (AvgIpc) is 3.67. The van der Waals surface area contributed by atoms with Crippen LogP contribution in [0.15, 0.2) is 120 Å². The van der Waals surface area contributed by atoms with E-state index in [1.165, 1.54) is 35.4 Å². The van der Waals surface area contributed by atoms with Crippen LogP contribution in [0.1, 0.15) is 42.0 Å². The van der Waals surface area contributed by atoms with Gasteiger partial charge >= 0.3 is 0 Å². The van der Waals surface area contributed by atoms with Crippen LogP contribution in [0.25, 0.3) is 11.4 Å². The van der Waals surface area contributed by atoms with Crippen LogP contribution >= 0.6 is 23.5 Å². The van der Waals surface area contributed by atoms with Gasteiger partial charge in [0, 0.05) is 24.3 Å². The summed E-state index contributed by atoms with van der Waals surface area (Å²) in [5.41, 5.74) is 3.81. The Balaban J connectivity index is 1.12. The molecule has 0 bridgehead atoms. The summed E-state index contributed by atoms with van der Waals surface area (Å²) in [4.78, 5) is 0. The van der Waals surface area contributed by atoms with Crippen molar-refractivity contribution in [1.29, 1.82) is 0 Å². The van der Waals surface area contributed by atoms with Crippen molar-refractivity contribution in [3.8, 4) is 11.4 Å². The van der Waals surface area contributed by atoms with E-state index in [2.05, 4.69) is 44.7 Å². The molecule has 0 spiro atoms. The summed E-state index contributed by atoms with van der Waals surface area (Å²) >= 11 is 3.18. The summed E-state index contributed by atoms with van der Waals surface area (Å²) < 4.78 is 32.3. The standard InChI is InChI=1S/C35H32F2N6S2/c36-28-16-10-18-30(22-28)42-32(38-40-34(42)44-24-26-12-4-1-5-13-26)20-8-3-9-21-33-39-41-35(45-25-27-14-6-2-7-15-27)43(33)31-19-11-17-29(37)23-31/h1-2,4-7,10-19,22-23H,3,8-9,20-21,24-25H2. The van der Waals surface area contributed by atoms with E-state index in [9.17, 15) is 8.78 Å². The van der Waals surface area contributed by atoms with Crippen LogP contribution in [0.3, 0.4) is 0 Å². The molecule has 45 heavy (non-hydrogen) atoms. The smallest absolute Gasteiger partial charge is 0.196 e. The van der Waals surface area contributed by atoms with Crippen LogP contribution in [0, 0.1) is 11.6 Å². The number of unbranched alkanes of at least 4 members (excludes halogenated alkanes) is 2. The van der Waals surface area contributed by atoms with E-state index in [1.54, 1.807) is 35.7 Å². The first-order valence-electron chi connectivity index (χ1n) is 14.9. The van der Waals surface area contributed by atoms with Crippen molar-refractivity contribution < 1.29 is 8.78 Å². The van der Waals surface area contributed by atoms with Gasteiger partial charge in [0.05, 0.1) is 11.4 Å². The summed E-state index contributed by atoms with van der Waals surface area (Å²) in [6.07, 6.45) is 4.07. The Morgan fingerprint density at radius 2 is 0.933 bits per heavy atom. The Morgan fingerprint density at radius 3 is 1.36 bits per heavy atom. The summed E-state index contributed by atoms with van der Waals surface area (Å²) in [6.45, 7) is 0. The monoisotopic (exact) mass is 638 g/mol. The molecule has 2 heterocycles. The second-order valence-electron chi connectivity index (χ2n) is 10.5. The second kappa shape index (κ2) is 15.1. The molecule has 0 saturated heterocycles. The number of halogens is 2. The van der Waals surface area contributed by atoms with Gasteiger partial charge in [-0.3, -0.25) is 9.13 Å². The number of nitrogens with zero attached hydrogens (tertiary/aromatic N) is 6. The fourth-order valence-electron chi connectivity index (χ4n) is 5.05. The van der Waals surface area contributed by atoms with Gasteiger partial charge in [0.2, 0.25) is 0 Å². The van der Waals surface area contributed by atoms with Crippen LogP contribution < -0.4 is 0 Å². The molecule has 0 aliphatic rings. The third-order valence-corrected chi connectivity index (χ3v) is 9.26. The highest BCUT2D eigenvalue weighted by Gasteiger charge is 2.17. The number of aryl methyl sites for hydroxylation is 2. The van der Waals surface area contributed by atoms with Gasteiger partial charge in [0.1, 0.15) is 23.3 Å². The maximum Gasteiger partial charge on any atom is 0.196 e. The van der Waals surface area contributed by atoms with Crippen LogP contribution in [0.4, 0.5) is 8.78 Å². The molecule has 6 aromatic rings. The molecule has 6 nitrogen and oxygen atoms in total. The topological polar surface area (TPSA) is 61.4 Å². The van der Waals surface area contributed by atoms with Crippen LogP contribution in [-0.4, -0.2) is 29.5 Å². The molecule has 0 radical (unpaired) electrons. The van der Waals surface area contributed by atoms with E-state index in [1.807, 2.05) is 57.7 Å². The lowest BCUT2D eigenvalue weighted by Crippen LogP contribution is -2.05. The highest BCUT2D eigenvalue weighted by atomic mass is 32.2. The van der Waals surface area contributed by atoms with E-state index in [4.69, 9.17) is 0 Å². The third kappa shape index (κ3) is 8.06. The molecule has 0 saturated carbocycles. The highest BCUT2D eigenvalue weighted by Crippen LogP contribution is 2.28. The normalized spacial score (nSPS) is 11.2. The zero-order valence-electron chi connectivity index (χ0n) is 24.6. The van der Waals surface area contributed by atoms with Crippen molar-refractivity contribution in [2.24, 2.45) is 0 Å². The Labute approximate surface area is 270 Å². The zero-order valence-corrected chi connectivity index (χ0v) is 26.2. The summed E-state index contributed by atoms with van der Waals surface area (Å²) in [6, 6.07) is 33.5. The largest absolute Gasteiger partial charge is 0.274 e. The average molecular weight is 639 g/mol. The maximum atomic E-state index is 14.2. The van der Waals surface area contributed by atoms with Gasteiger partial charge in [-0.05, 0) is 60.4 Å². The molecular formula is C35H32F2N6S2. The van der Waals surface area contributed by atoms with Gasteiger partial charge in [-0.15, -0.1) is 20.4 Å². The molecule has 2 aromatic heterocycles. The zero-order chi connectivity index (χ0) is 30.8. The maximum absolute atomic E-state index is 14.2. The molecule has 0 amide bonds. The fourth-order valence-corrected chi connectivity index (χ4v) is 6.90. The van der Waals surface area contributed by atoms with E-state index < -0.39 is 0 Å². The van der Waals surface area contributed by atoms with Crippen molar-refractivity contribution in [1.82, 2.24) is 29.5 Å². The third-order valence-electron chi connectivity index (χ3n) is 7.26. The van der Waals surface area contributed by atoms with E-state index in [0.717, 1.165) is 52.7 Å². The van der Waals surface area contributed by atoms with Gasteiger partial charge in [-0.1, -0.05) is 103 Å². The Bertz CT molecular complexity index is 1690. The van der Waals surface area contributed by atoms with Crippen molar-refractivity contribution in [3.63, 3.8) is 0 Å². The fraction of sp³-hybridized carbons (Fsp3) is 0.200. The first-order valence-corrected chi connectivity index (χ1v) is 16.8. The second-order valence-corrected chi connectivity index (χ2v) is 12.4. The quantitative estimate of drug-likeness (QED) is 0.0879. The molecule has 6 rings (SSSR count). The number of thioether (sulfide) groups is 2. The molecular weight excluding hydrogens is 607 g/mol. The van der Waals surface area contributed by atoms with Crippen molar-refractivity contribution >= 4 is 23.5 Å². The summed E-state index contributed by atoms with van der Waals surface area (Å²) in [7, 11) is 0. The summed E-state index contributed by atoms with van der Waals surface area (Å²) in [5.74, 6) is 2.50. The van der Waals surface area contributed by atoms with Crippen LogP contribution in [0.5, 0.6) is 0 Å². The molecule has 10 heteroatoms. The minimum Gasteiger partial charge on any atom is -0.274 e. The van der Waals surface area contributed by atoms with Crippen LogP contribution in [0.2, 0.25) is 0 Å². The SMILES string of the molecule is Fc1cccc(-n2c(CCCCCc3nnc(SCc4ccccc4)n3-c3cccc(F)c3)nnc2SCc2ccccc2)c1. The number of aromatic nitrogens is 6.